The Morgan fingerprint density at radius 1 is 1.19 bits per heavy atom. The van der Waals surface area contributed by atoms with Crippen LogP contribution in [0.25, 0.3) is 10.9 Å². The van der Waals surface area contributed by atoms with Crippen LogP contribution in [0.15, 0.2) is 65.9 Å². The molecule has 3 aromatic rings. The summed E-state index contributed by atoms with van der Waals surface area (Å²) < 4.78 is 12.6. The van der Waals surface area contributed by atoms with Gasteiger partial charge in [0.1, 0.15) is 5.75 Å². The molecule has 6 heteroatoms. The molecule has 2 aromatic carbocycles. The van der Waals surface area contributed by atoms with E-state index in [1.807, 2.05) is 54.7 Å². The highest BCUT2D eigenvalue weighted by molar-refractivity contribution is 5.99. The van der Waals surface area contributed by atoms with Gasteiger partial charge in [-0.2, -0.15) is 5.10 Å². The molecule has 0 aliphatic carbocycles. The van der Waals surface area contributed by atoms with E-state index >= 15 is 0 Å². The highest BCUT2D eigenvalue weighted by atomic mass is 16.5. The number of hydrogen-bond donors (Lipinski definition) is 1. The Morgan fingerprint density at radius 2 is 1.93 bits per heavy atom. The second kappa shape index (κ2) is 8.89. The fourth-order valence-corrected chi connectivity index (χ4v) is 2.87. The van der Waals surface area contributed by atoms with Gasteiger partial charge in [-0.1, -0.05) is 43.3 Å². The minimum absolute atomic E-state index is 0.319. The molecular weight excluding hydrogens is 342 g/mol. The molecule has 1 N–H and O–H groups in total. The monoisotopic (exact) mass is 365 g/mol. The molecule has 0 radical (unpaired) electrons. The molecule has 0 aliphatic rings. The van der Waals surface area contributed by atoms with Crippen molar-refractivity contribution in [2.45, 2.75) is 13.5 Å². The minimum Gasteiger partial charge on any atom is -0.493 e. The highest BCUT2D eigenvalue weighted by Crippen LogP contribution is 2.21. The molecule has 1 amide bonds. The van der Waals surface area contributed by atoms with Crippen molar-refractivity contribution in [1.29, 1.82) is 0 Å². The molecule has 1 heterocycles. The summed E-state index contributed by atoms with van der Waals surface area (Å²) in [5, 5.41) is 5.02. The number of rotatable bonds is 7. The number of nitrogens with one attached hydrogen (secondary N) is 1. The number of carbonyl (C=O) groups excluding carboxylic acids is 1. The first kappa shape index (κ1) is 18.5. The van der Waals surface area contributed by atoms with Gasteiger partial charge in [0.25, 0.3) is 0 Å². The molecule has 0 fully saturated rings. The summed E-state index contributed by atoms with van der Waals surface area (Å²) in [6.07, 6.45) is 3.06. The molecular formula is C21H23N3O3. The number of ether oxygens (including phenoxy) is 2. The van der Waals surface area contributed by atoms with Gasteiger partial charge in [-0.25, -0.2) is 10.2 Å². The maximum Gasteiger partial charge on any atom is 0.427 e. The molecule has 0 unspecified atom stereocenters. The van der Waals surface area contributed by atoms with E-state index in [-0.39, 0.29) is 0 Å². The van der Waals surface area contributed by atoms with Gasteiger partial charge in [-0.05, 0) is 18.2 Å². The van der Waals surface area contributed by atoms with E-state index in [1.165, 1.54) is 7.11 Å². The van der Waals surface area contributed by atoms with Crippen molar-refractivity contribution in [1.82, 2.24) is 9.99 Å². The second-order valence-electron chi connectivity index (χ2n) is 6.34. The van der Waals surface area contributed by atoms with Gasteiger partial charge in [-0.15, -0.1) is 0 Å². The first-order chi connectivity index (χ1) is 13.2. The number of benzene rings is 2. The summed E-state index contributed by atoms with van der Waals surface area (Å²) in [5.41, 5.74) is 4.36. The van der Waals surface area contributed by atoms with Crippen LogP contribution in [0.4, 0.5) is 4.79 Å². The van der Waals surface area contributed by atoms with E-state index in [1.54, 1.807) is 6.21 Å². The SMILES string of the molecule is COC(=O)N/N=C\c1cn(C[C@@H](C)COc2ccccc2)c2ccccc12. The lowest BCUT2D eigenvalue weighted by Gasteiger charge is -2.14. The van der Waals surface area contributed by atoms with Gasteiger partial charge in [-0.3, -0.25) is 0 Å². The van der Waals surface area contributed by atoms with E-state index in [4.69, 9.17) is 4.74 Å². The predicted molar refractivity (Wildman–Crippen MR) is 106 cm³/mol. The number of nitrogens with zero attached hydrogens (tertiary/aromatic N) is 2. The Balaban J connectivity index is 1.71. The van der Waals surface area contributed by atoms with Gasteiger partial charge in [0.2, 0.25) is 0 Å². The third kappa shape index (κ3) is 4.88. The fraction of sp³-hybridized carbons (Fsp3) is 0.238. The minimum atomic E-state index is -0.596. The van der Waals surface area contributed by atoms with Crippen LogP contribution in [-0.2, 0) is 11.3 Å². The topological polar surface area (TPSA) is 64.8 Å². The molecule has 0 aliphatic heterocycles. The van der Waals surface area contributed by atoms with Crippen molar-refractivity contribution in [2.24, 2.45) is 11.0 Å². The molecule has 1 atom stereocenters. The lowest BCUT2D eigenvalue weighted by molar-refractivity contribution is 0.171. The predicted octanol–water partition coefficient (Wildman–Crippen LogP) is 4.05. The largest absolute Gasteiger partial charge is 0.493 e. The Morgan fingerprint density at radius 3 is 2.70 bits per heavy atom. The average molecular weight is 365 g/mol. The molecule has 27 heavy (non-hydrogen) atoms. The summed E-state index contributed by atoms with van der Waals surface area (Å²) in [4.78, 5) is 11.1. The summed E-state index contributed by atoms with van der Waals surface area (Å²) in [6, 6.07) is 17.9. The Bertz CT molecular complexity index is 919. The molecule has 0 bridgehead atoms. The van der Waals surface area contributed by atoms with Crippen LogP contribution < -0.4 is 10.2 Å². The van der Waals surface area contributed by atoms with E-state index in [9.17, 15) is 4.79 Å². The number of hydrazone groups is 1. The van der Waals surface area contributed by atoms with Crippen molar-refractivity contribution in [2.75, 3.05) is 13.7 Å². The van der Waals surface area contributed by atoms with Crippen molar-refractivity contribution in [3.8, 4) is 5.75 Å². The number of hydrogen-bond acceptors (Lipinski definition) is 4. The van der Waals surface area contributed by atoms with Crippen molar-refractivity contribution >= 4 is 23.2 Å². The first-order valence-electron chi connectivity index (χ1n) is 8.80. The smallest absolute Gasteiger partial charge is 0.427 e. The van der Waals surface area contributed by atoms with Crippen molar-refractivity contribution in [3.63, 3.8) is 0 Å². The third-order valence-electron chi connectivity index (χ3n) is 4.15. The second-order valence-corrected chi connectivity index (χ2v) is 6.34. The fourth-order valence-electron chi connectivity index (χ4n) is 2.87. The first-order valence-corrected chi connectivity index (χ1v) is 8.80. The zero-order chi connectivity index (χ0) is 19.1. The molecule has 1 aromatic heterocycles. The maximum atomic E-state index is 11.1. The van der Waals surface area contributed by atoms with Gasteiger partial charge in [0, 0.05) is 35.1 Å². The molecule has 140 valence electrons. The quantitative estimate of drug-likeness (QED) is 0.507. The molecule has 0 spiro atoms. The zero-order valence-electron chi connectivity index (χ0n) is 15.5. The average Bonchev–Trinajstić information content (AvgIpc) is 3.04. The standard InChI is InChI=1S/C21H23N3O3/c1-16(15-27-18-8-4-3-5-9-18)13-24-14-17(12-22-23-21(25)26-2)19-10-6-7-11-20(19)24/h3-12,14,16H,13,15H2,1-2H3,(H,23,25)/b22-12-/t16-/m1/s1. The van der Waals surface area contributed by atoms with Crippen LogP contribution in [0.1, 0.15) is 12.5 Å². The van der Waals surface area contributed by atoms with Crippen LogP contribution in [-0.4, -0.2) is 30.6 Å². The maximum absolute atomic E-state index is 11.1. The summed E-state index contributed by atoms with van der Waals surface area (Å²) in [5.74, 6) is 1.20. The van der Waals surface area contributed by atoms with Gasteiger partial charge >= 0.3 is 6.09 Å². The van der Waals surface area contributed by atoms with Gasteiger partial charge in [0.15, 0.2) is 0 Å². The number of methoxy groups -OCH3 is 1. The van der Waals surface area contributed by atoms with E-state index < -0.39 is 6.09 Å². The molecule has 0 saturated heterocycles. The van der Waals surface area contributed by atoms with Gasteiger partial charge in [0.05, 0.1) is 19.9 Å². The molecule has 3 rings (SSSR count). The third-order valence-corrected chi connectivity index (χ3v) is 4.15. The Kier molecular flexibility index (Phi) is 6.10. The van der Waals surface area contributed by atoms with Crippen molar-refractivity contribution in [3.05, 3.63) is 66.4 Å². The van der Waals surface area contributed by atoms with Crippen LogP contribution in [0.3, 0.4) is 0 Å². The van der Waals surface area contributed by atoms with E-state index in [2.05, 4.69) is 32.8 Å². The number of amides is 1. The lowest BCUT2D eigenvalue weighted by Crippen LogP contribution is -2.16. The summed E-state index contributed by atoms with van der Waals surface area (Å²) in [7, 11) is 1.30. The Labute approximate surface area is 158 Å². The summed E-state index contributed by atoms with van der Waals surface area (Å²) in [6.45, 7) is 3.60. The Hall–Kier alpha value is -3.28. The van der Waals surface area contributed by atoms with Crippen LogP contribution in [0.5, 0.6) is 5.75 Å². The molecule has 6 nitrogen and oxygen atoms in total. The molecule has 0 saturated carbocycles. The van der Waals surface area contributed by atoms with Crippen molar-refractivity contribution < 1.29 is 14.3 Å². The van der Waals surface area contributed by atoms with Crippen LogP contribution in [0, 0.1) is 5.92 Å². The number of carbonyl (C=O) groups is 1. The van der Waals surface area contributed by atoms with Crippen LogP contribution >= 0.6 is 0 Å². The lowest BCUT2D eigenvalue weighted by atomic mass is 10.2. The zero-order valence-corrected chi connectivity index (χ0v) is 15.5. The van der Waals surface area contributed by atoms with Gasteiger partial charge < -0.3 is 14.0 Å². The summed E-state index contributed by atoms with van der Waals surface area (Å²) >= 11 is 0. The van der Waals surface area contributed by atoms with E-state index in [0.29, 0.717) is 12.5 Å². The number of fused-ring (bicyclic) bond motifs is 1. The normalized spacial score (nSPS) is 12.2. The number of para-hydroxylation sites is 2. The van der Waals surface area contributed by atoms with Crippen LogP contribution in [0.2, 0.25) is 0 Å². The van der Waals surface area contributed by atoms with E-state index in [0.717, 1.165) is 28.8 Å². The highest BCUT2D eigenvalue weighted by Gasteiger charge is 2.10. The number of aromatic nitrogens is 1.